The number of carbonyl (C=O) groups is 2. The Kier molecular flexibility index (Phi) is 7.03. The summed E-state index contributed by atoms with van der Waals surface area (Å²) in [6.07, 6.45) is 3.58. The maximum Gasteiger partial charge on any atom is 0.307 e. The van der Waals surface area contributed by atoms with Crippen LogP contribution in [0.1, 0.15) is 53.4 Å². The van der Waals surface area contributed by atoms with Gasteiger partial charge in [-0.25, -0.2) is 0 Å². The second-order valence-corrected chi connectivity index (χ2v) is 6.28. The van der Waals surface area contributed by atoms with Gasteiger partial charge >= 0.3 is 5.97 Å². The van der Waals surface area contributed by atoms with Gasteiger partial charge < -0.3 is 10.1 Å². The Hall–Kier alpha value is -1.06. The van der Waals surface area contributed by atoms with Gasteiger partial charge in [-0.05, 0) is 37.5 Å². The lowest BCUT2D eigenvalue weighted by atomic mass is 9.70. The van der Waals surface area contributed by atoms with Gasteiger partial charge in [0.15, 0.2) is 0 Å². The zero-order valence-corrected chi connectivity index (χ0v) is 13.3. The minimum Gasteiger partial charge on any atom is -0.466 e. The van der Waals surface area contributed by atoms with Crippen LogP contribution in [0, 0.1) is 23.7 Å². The van der Waals surface area contributed by atoms with E-state index in [1.807, 2.05) is 0 Å². The maximum absolute atomic E-state index is 12.3. The molecule has 0 aromatic rings. The van der Waals surface area contributed by atoms with E-state index in [4.69, 9.17) is 4.74 Å². The highest BCUT2D eigenvalue weighted by atomic mass is 16.5. The molecule has 0 aromatic carbocycles. The normalized spacial score (nSPS) is 26.4. The largest absolute Gasteiger partial charge is 0.466 e. The summed E-state index contributed by atoms with van der Waals surface area (Å²) in [6, 6.07) is 0. The minimum absolute atomic E-state index is 0.0981. The molecule has 4 nitrogen and oxygen atoms in total. The van der Waals surface area contributed by atoms with Crippen LogP contribution in [0.4, 0.5) is 0 Å². The van der Waals surface area contributed by atoms with Crippen LogP contribution >= 0.6 is 0 Å². The molecule has 0 heterocycles. The molecule has 3 unspecified atom stereocenters. The van der Waals surface area contributed by atoms with Crippen LogP contribution in [-0.4, -0.2) is 25.0 Å². The van der Waals surface area contributed by atoms with Gasteiger partial charge in [0.05, 0.1) is 13.0 Å². The molecule has 3 atom stereocenters. The fourth-order valence-corrected chi connectivity index (χ4v) is 3.16. The van der Waals surface area contributed by atoms with Gasteiger partial charge in [0, 0.05) is 12.5 Å². The van der Waals surface area contributed by atoms with Crippen LogP contribution in [0.15, 0.2) is 0 Å². The van der Waals surface area contributed by atoms with E-state index < -0.39 is 0 Å². The molecule has 1 rings (SSSR count). The summed E-state index contributed by atoms with van der Waals surface area (Å²) in [5, 5.41) is 2.91. The number of hydrogen-bond acceptors (Lipinski definition) is 3. The SMILES string of the molecule is CCOC(=O)CCNC(=O)C1CC(C)CCC1C(C)C. The fourth-order valence-electron chi connectivity index (χ4n) is 3.16. The highest BCUT2D eigenvalue weighted by Gasteiger charge is 2.35. The van der Waals surface area contributed by atoms with Crippen molar-refractivity contribution in [2.45, 2.75) is 53.4 Å². The van der Waals surface area contributed by atoms with E-state index in [0.29, 0.717) is 30.9 Å². The first-order valence-corrected chi connectivity index (χ1v) is 7.89. The molecule has 1 N–H and O–H groups in total. The van der Waals surface area contributed by atoms with E-state index in [-0.39, 0.29) is 24.2 Å². The summed E-state index contributed by atoms with van der Waals surface area (Å²) in [5.74, 6) is 1.58. The lowest BCUT2D eigenvalue weighted by molar-refractivity contribution is -0.143. The fraction of sp³-hybridized carbons (Fsp3) is 0.875. The molecular formula is C16H29NO3. The molecule has 0 aliphatic heterocycles. The molecule has 0 aromatic heterocycles. The van der Waals surface area contributed by atoms with Gasteiger partial charge in [0.2, 0.25) is 5.91 Å². The first-order valence-electron chi connectivity index (χ1n) is 7.89. The van der Waals surface area contributed by atoms with E-state index in [0.717, 1.165) is 12.8 Å². The third kappa shape index (κ3) is 5.14. The van der Waals surface area contributed by atoms with Gasteiger partial charge in [-0.15, -0.1) is 0 Å². The smallest absolute Gasteiger partial charge is 0.307 e. The summed E-state index contributed by atoms with van der Waals surface area (Å²) in [6.45, 7) is 9.16. The zero-order chi connectivity index (χ0) is 15.1. The molecule has 4 heteroatoms. The molecule has 0 bridgehead atoms. The van der Waals surface area contributed by atoms with E-state index in [2.05, 4.69) is 26.1 Å². The van der Waals surface area contributed by atoms with Crippen LogP contribution in [0.5, 0.6) is 0 Å². The predicted molar refractivity (Wildman–Crippen MR) is 79.1 cm³/mol. The van der Waals surface area contributed by atoms with Crippen LogP contribution < -0.4 is 5.32 Å². The summed E-state index contributed by atoms with van der Waals surface area (Å²) in [5.41, 5.74) is 0. The summed E-state index contributed by atoms with van der Waals surface area (Å²) < 4.78 is 4.86. The van der Waals surface area contributed by atoms with Crippen LogP contribution in [-0.2, 0) is 14.3 Å². The van der Waals surface area contributed by atoms with Crippen molar-refractivity contribution in [2.75, 3.05) is 13.2 Å². The average molecular weight is 283 g/mol. The van der Waals surface area contributed by atoms with Gasteiger partial charge in [-0.3, -0.25) is 9.59 Å². The van der Waals surface area contributed by atoms with Crippen molar-refractivity contribution in [3.05, 3.63) is 0 Å². The lowest BCUT2D eigenvalue weighted by Gasteiger charge is -2.36. The molecule has 1 amide bonds. The Bertz CT molecular complexity index is 328. The average Bonchev–Trinajstić information content (AvgIpc) is 2.38. The second-order valence-electron chi connectivity index (χ2n) is 6.28. The molecule has 0 spiro atoms. The van der Waals surface area contributed by atoms with Crippen LogP contribution in [0.3, 0.4) is 0 Å². The first kappa shape index (κ1) is 17.0. The quantitative estimate of drug-likeness (QED) is 0.763. The van der Waals surface area contributed by atoms with Gasteiger partial charge in [0.1, 0.15) is 0 Å². The third-order valence-electron chi connectivity index (χ3n) is 4.29. The van der Waals surface area contributed by atoms with Crippen molar-refractivity contribution in [1.82, 2.24) is 5.32 Å². The van der Waals surface area contributed by atoms with Crippen molar-refractivity contribution in [3.8, 4) is 0 Å². The molecule has 1 aliphatic rings. The predicted octanol–water partition coefficient (Wildman–Crippen LogP) is 2.76. The Balaban J connectivity index is 2.44. The van der Waals surface area contributed by atoms with Gasteiger partial charge in [-0.1, -0.05) is 27.2 Å². The molecule has 1 aliphatic carbocycles. The molecule has 0 radical (unpaired) electrons. The van der Waals surface area contributed by atoms with E-state index in [9.17, 15) is 9.59 Å². The van der Waals surface area contributed by atoms with E-state index >= 15 is 0 Å². The summed E-state index contributed by atoms with van der Waals surface area (Å²) >= 11 is 0. The Morgan fingerprint density at radius 1 is 1.30 bits per heavy atom. The van der Waals surface area contributed by atoms with Gasteiger partial charge in [-0.2, -0.15) is 0 Å². The lowest BCUT2D eigenvalue weighted by Crippen LogP contribution is -2.40. The molecular weight excluding hydrogens is 254 g/mol. The molecule has 0 saturated heterocycles. The molecule has 20 heavy (non-hydrogen) atoms. The number of carbonyl (C=O) groups excluding carboxylic acids is 2. The number of nitrogens with one attached hydrogen (secondary N) is 1. The minimum atomic E-state index is -0.245. The van der Waals surface area contributed by atoms with Crippen molar-refractivity contribution in [1.29, 1.82) is 0 Å². The Morgan fingerprint density at radius 3 is 2.60 bits per heavy atom. The van der Waals surface area contributed by atoms with Crippen LogP contribution in [0.2, 0.25) is 0 Å². The first-order chi connectivity index (χ1) is 9.45. The van der Waals surface area contributed by atoms with E-state index in [1.165, 1.54) is 6.42 Å². The Labute approximate surface area is 122 Å². The summed E-state index contributed by atoms with van der Waals surface area (Å²) in [4.78, 5) is 23.6. The standard InChI is InChI=1S/C16H29NO3/c1-5-20-15(18)8-9-17-16(19)14-10-12(4)6-7-13(14)11(2)3/h11-14H,5-10H2,1-4H3,(H,17,19). The number of hydrogen-bond donors (Lipinski definition) is 1. The Morgan fingerprint density at radius 2 is 2.00 bits per heavy atom. The second kappa shape index (κ2) is 8.28. The number of ether oxygens (including phenoxy) is 1. The van der Waals surface area contributed by atoms with Crippen LogP contribution in [0.25, 0.3) is 0 Å². The number of rotatable bonds is 6. The third-order valence-corrected chi connectivity index (χ3v) is 4.29. The van der Waals surface area contributed by atoms with Crippen molar-refractivity contribution < 1.29 is 14.3 Å². The zero-order valence-electron chi connectivity index (χ0n) is 13.3. The van der Waals surface area contributed by atoms with Crippen molar-refractivity contribution in [2.24, 2.45) is 23.7 Å². The highest BCUT2D eigenvalue weighted by Crippen LogP contribution is 2.37. The monoisotopic (exact) mass is 283 g/mol. The summed E-state index contributed by atoms with van der Waals surface area (Å²) in [7, 11) is 0. The molecule has 1 fully saturated rings. The number of amides is 1. The van der Waals surface area contributed by atoms with Crippen molar-refractivity contribution >= 4 is 11.9 Å². The topological polar surface area (TPSA) is 55.4 Å². The van der Waals surface area contributed by atoms with E-state index in [1.54, 1.807) is 6.92 Å². The molecule has 116 valence electrons. The molecule has 1 saturated carbocycles. The highest BCUT2D eigenvalue weighted by molar-refractivity contribution is 5.79. The van der Waals surface area contributed by atoms with Crippen molar-refractivity contribution in [3.63, 3.8) is 0 Å². The maximum atomic E-state index is 12.3. The van der Waals surface area contributed by atoms with Gasteiger partial charge in [0.25, 0.3) is 0 Å². The number of esters is 1.